The molecule has 1 N–H and O–H groups in total. The summed E-state index contributed by atoms with van der Waals surface area (Å²) in [4.78, 5) is 11.9. The summed E-state index contributed by atoms with van der Waals surface area (Å²) in [5.41, 5.74) is 1.82. The summed E-state index contributed by atoms with van der Waals surface area (Å²) in [7, 11) is 1.60. The maximum atomic E-state index is 11.9. The molecular weight excluding hydrogens is 344 g/mol. The maximum Gasteiger partial charge on any atom is 0.311 e. The molecule has 116 valence electrons. The van der Waals surface area contributed by atoms with Crippen LogP contribution in [0.1, 0.15) is 36.3 Å². The first-order valence-electron chi connectivity index (χ1n) is 7.19. The second kappa shape index (κ2) is 7.45. The van der Waals surface area contributed by atoms with E-state index in [1.165, 1.54) is 0 Å². The minimum absolute atomic E-state index is 0.0802. The molecule has 22 heavy (non-hydrogen) atoms. The summed E-state index contributed by atoms with van der Waals surface area (Å²) in [6, 6.07) is 15.1. The van der Waals surface area contributed by atoms with Crippen LogP contribution in [0.4, 0.5) is 0 Å². The van der Waals surface area contributed by atoms with Crippen molar-refractivity contribution < 1.29 is 14.6 Å². The molecular formula is C18H19BrO3. The summed E-state index contributed by atoms with van der Waals surface area (Å²) < 4.78 is 6.10. The molecule has 0 spiro atoms. The molecule has 0 aliphatic rings. The monoisotopic (exact) mass is 362 g/mol. The van der Waals surface area contributed by atoms with E-state index in [0.717, 1.165) is 27.8 Å². The zero-order chi connectivity index (χ0) is 16.1. The van der Waals surface area contributed by atoms with Gasteiger partial charge in [0.1, 0.15) is 5.75 Å². The average molecular weight is 363 g/mol. The fourth-order valence-corrected chi connectivity index (χ4v) is 3.18. The Bertz CT molecular complexity index is 637. The van der Waals surface area contributed by atoms with E-state index in [-0.39, 0.29) is 5.92 Å². The topological polar surface area (TPSA) is 46.5 Å². The van der Waals surface area contributed by atoms with E-state index in [4.69, 9.17) is 4.74 Å². The third-order valence-electron chi connectivity index (χ3n) is 3.86. The number of aliphatic carboxylic acids is 1. The van der Waals surface area contributed by atoms with Crippen LogP contribution in [0.5, 0.6) is 5.75 Å². The third kappa shape index (κ3) is 3.69. The Kier molecular flexibility index (Phi) is 5.61. The Morgan fingerprint density at radius 1 is 1.18 bits per heavy atom. The first-order valence-corrected chi connectivity index (χ1v) is 7.98. The predicted molar refractivity (Wildman–Crippen MR) is 90.5 cm³/mol. The molecule has 2 atom stereocenters. The normalized spacial score (nSPS) is 13.4. The van der Waals surface area contributed by atoms with Gasteiger partial charge in [-0.3, -0.25) is 4.79 Å². The molecule has 0 unspecified atom stereocenters. The Labute approximate surface area is 139 Å². The number of carboxylic acids is 1. The third-order valence-corrected chi connectivity index (χ3v) is 4.35. The number of carbonyl (C=O) groups is 1. The lowest BCUT2D eigenvalue weighted by atomic mass is 9.80. The van der Waals surface area contributed by atoms with Gasteiger partial charge in [0.25, 0.3) is 0 Å². The number of benzene rings is 2. The molecule has 2 aromatic rings. The van der Waals surface area contributed by atoms with Crippen LogP contribution in [-0.2, 0) is 4.79 Å². The molecule has 0 heterocycles. The number of ether oxygens (including phenoxy) is 1. The van der Waals surface area contributed by atoms with E-state index >= 15 is 0 Å². The number of hydrogen-bond donors (Lipinski definition) is 1. The van der Waals surface area contributed by atoms with E-state index < -0.39 is 11.9 Å². The molecule has 0 radical (unpaired) electrons. The standard InChI is InChI=1S/C18H19BrO3/c1-3-16(13-5-4-6-14(19)11-13)17(18(20)21)12-7-9-15(22-2)10-8-12/h4-11,16-17H,3H2,1-2H3,(H,20,21)/t16-,17+/m1/s1. The molecule has 0 amide bonds. The van der Waals surface area contributed by atoms with Gasteiger partial charge in [-0.05, 0) is 41.8 Å². The van der Waals surface area contributed by atoms with E-state index in [1.54, 1.807) is 19.2 Å². The smallest absolute Gasteiger partial charge is 0.311 e. The van der Waals surface area contributed by atoms with Crippen molar-refractivity contribution in [1.82, 2.24) is 0 Å². The second-order valence-corrected chi connectivity index (χ2v) is 6.07. The summed E-state index contributed by atoms with van der Waals surface area (Å²) in [5, 5.41) is 9.74. The van der Waals surface area contributed by atoms with Crippen molar-refractivity contribution in [2.75, 3.05) is 7.11 Å². The lowest BCUT2D eigenvalue weighted by Crippen LogP contribution is -2.20. The van der Waals surface area contributed by atoms with Gasteiger partial charge in [0.2, 0.25) is 0 Å². The highest BCUT2D eigenvalue weighted by Gasteiger charge is 2.30. The second-order valence-electron chi connectivity index (χ2n) is 5.16. The fourth-order valence-electron chi connectivity index (χ4n) is 2.76. The van der Waals surface area contributed by atoms with Gasteiger partial charge < -0.3 is 9.84 Å². The quantitative estimate of drug-likeness (QED) is 0.801. The number of carboxylic acid groups (broad SMARTS) is 1. The van der Waals surface area contributed by atoms with Gasteiger partial charge in [0.05, 0.1) is 13.0 Å². The molecule has 0 aromatic heterocycles. The van der Waals surface area contributed by atoms with Crippen LogP contribution in [0.25, 0.3) is 0 Å². The van der Waals surface area contributed by atoms with E-state index in [2.05, 4.69) is 15.9 Å². The first kappa shape index (κ1) is 16.6. The van der Waals surface area contributed by atoms with Crippen molar-refractivity contribution in [1.29, 1.82) is 0 Å². The van der Waals surface area contributed by atoms with Gasteiger partial charge in [0, 0.05) is 10.4 Å². The van der Waals surface area contributed by atoms with Crippen molar-refractivity contribution in [3.8, 4) is 5.75 Å². The Hall–Kier alpha value is -1.81. The molecule has 0 aliphatic heterocycles. The molecule has 0 fully saturated rings. The summed E-state index contributed by atoms with van der Waals surface area (Å²) in [6.07, 6.45) is 0.749. The number of methoxy groups -OCH3 is 1. The van der Waals surface area contributed by atoms with Crippen molar-refractivity contribution in [2.45, 2.75) is 25.2 Å². The zero-order valence-electron chi connectivity index (χ0n) is 12.6. The minimum Gasteiger partial charge on any atom is -0.497 e. The molecule has 2 aromatic carbocycles. The molecule has 4 heteroatoms. The van der Waals surface area contributed by atoms with Gasteiger partial charge in [0.15, 0.2) is 0 Å². The average Bonchev–Trinajstić information content (AvgIpc) is 2.52. The highest BCUT2D eigenvalue weighted by atomic mass is 79.9. The lowest BCUT2D eigenvalue weighted by Gasteiger charge is -2.24. The van der Waals surface area contributed by atoms with Gasteiger partial charge in [-0.1, -0.05) is 47.1 Å². The maximum absolute atomic E-state index is 11.9. The number of rotatable bonds is 6. The van der Waals surface area contributed by atoms with Crippen LogP contribution < -0.4 is 4.74 Å². The first-order chi connectivity index (χ1) is 10.6. The van der Waals surface area contributed by atoms with Crippen LogP contribution in [0.2, 0.25) is 0 Å². The molecule has 0 saturated carbocycles. The summed E-state index contributed by atoms with van der Waals surface area (Å²) in [6.45, 7) is 2.02. The van der Waals surface area contributed by atoms with Crippen LogP contribution in [-0.4, -0.2) is 18.2 Å². The van der Waals surface area contributed by atoms with E-state index in [0.29, 0.717) is 0 Å². The van der Waals surface area contributed by atoms with Gasteiger partial charge >= 0.3 is 5.97 Å². The van der Waals surface area contributed by atoms with Crippen molar-refractivity contribution in [2.24, 2.45) is 0 Å². The highest BCUT2D eigenvalue weighted by Crippen LogP contribution is 2.37. The van der Waals surface area contributed by atoms with Crippen molar-refractivity contribution in [3.63, 3.8) is 0 Å². The Balaban J connectivity index is 2.41. The van der Waals surface area contributed by atoms with E-state index in [9.17, 15) is 9.90 Å². The SMILES string of the molecule is CC[C@H](c1cccc(Br)c1)[C@@H](C(=O)O)c1ccc(OC)cc1. The minimum atomic E-state index is -0.808. The Morgan fingerprint density at radius 2 is 1.86 bits per heavy atom. The molecule has 0 aliphatic carbocycles. The predicted octanol–water partition coefficient (Wildman–Crippen LogP) is 4.82. The van der Waals surface area contributed by atoms with Gasteiger partial charge in [-0.2, -0.15) is 0 Å². The largest absolute Gasteiger partial charge is 0.497 e. The lowest BCUT2D eigenvalue weighted by molar-refractivity contribution is -0.139. The van der Waals surface area contributed by atoms with Crippen LogP contribution in [0.15, 0.2) is 53.0 Å². The highest BCUT2D eigenvalue weighted by molar-refractivity contribution is 9.10. The van der Waals surface area contributed by atoms with Crippen molar-refractivity contribution >= 4 is 21.9 Å². The molecule has 2 rings (SSSR count). The zero-order valence-corrected chi connectivity index (χ0v) is 14.2. The summed E-state index contributed by atoms with van der Waals surface area (Å²) >= 11 is 3.46. The fraction of sp³-hybridized carbons (Fsp3) is 0.278. The molecule has 3 nitrogen and oxygen atoms in total. The number of hydrogen-bond acceptors (Lipinski definition) is 2. The number of halogens is 1. The van der Waals surface area contributed by atoms with Crippen molar-refractivity contribution in [3.05, 3.63) is 64.1 Å². The van der Waals surface area contributed by atoms with Crippen LogP contribution in [0.3, 0.4) is 0 Å². The van der Waals surface area contributed by atoms with Gasteiger partial charge in [-0.15, -0.1) is 0 Å². The molecule has 0 saturated heterocycles. The van der Waals surface area contributed by atoms with Crippen LogP contribution in [0, 0.1) is 0 Å². The van der Waals surface area contributed by atoms with Gasteiger partial charge in [-0.25, -0.2) is 0 Å². The summed E-state index contributed by atoms with van der Waals surface area (Å²) in [5.74, 6) is -0.742. The van der Waals surface area contributed by atoms with Crippen LogP contribution >= 0.6 is 15.9 Å². The Morgan fingerprint density at radius 3 is 2.36 bits per heavy atom. The van der Waals surface area contributed by atoms with E-state index in [1.807, 2.05) is 43.3 Å². The molecule has 0 bridgehead atoms.